The summed E-state index contributed by atoms with van der Waals surface area (Å²) in [6, 6.07) is 24.6. The van der Waals surface area contributed by atoms with Crippen LogP contribution >= 0.6 is 0 Å². The monoisotopic (exact) mass is 532 g/mol. The van der Waals surface area contributed by atoms with E-state index >= 15 is 4.39 Å². The Labute approximate surface area is 221 Å². The fraction of sp³-hybridized carbons (Fsp3) is 0.0909. The summed E-state index contributed by atoms with van der Waals surface area (Å²) in [5.41, 5.74) is 2.38. The van der Waals surface area contributed by atoms with Crippen LogP contribution in [0.1, 0.15) is 17.5 Å². The highest BCUT2D eigenvalue weighted by atomic mass is 19.4. The first-order valence-electron chi connectivity index (χ1n) is 12.3. The fourth-order valence-electron chi connectivity index (χ4n) is 4.70. The van der Waals surface area contributed by atoms with Crippen molar-refractivity contribution in [1.82, 2.24) is 0 Å². The van der Waals surface area contributed by atoms with Gasteiger partial charge in [-0.05, 0) is 63.7 Å². The van der Waals surface area contributed by atoms with Gasteiger partial charge in [0.1, 0.15) is 23.0 Å². The van der Waals surface area contributed by atoms with Crippen molar-refractivity contribution in [2.24, 2.45) is 0 Å². The molecule has 0 saturated carbocycles. The molecule has 0 amide bonds. The van der Waals surface area contributed by atoms with Crippen LogP contribution in [-0.2, 0) is 12.6 Å². The van der Waals surface area contributed by atoms with Crippen molar-refractivity contribution < 1.29 is 26.3 Å². The molecule has 6 heteroatoms. The van der Waals surface area contributed by atoms with Crippen molar-refractivity contribution in [2.75, 3.05) is 0 Å². The summed E-state index contributed by atoms with van der Waals surface area (Å²) in [5, 5.41) is 1.38. The second-order valence-electron chi connectivity index (χ2n) is 9.28. The third-order valence-electron chi connectivity index (χ3n) is 6.73. The summed E-state index contributed by atoms with van der Waals surface area (Å²) in [4.78, 5) is 0. The molecular weight excluding hydrogens is 510 g/mol. The molecule has 0 heterocycles. The van der Waals surface area contributed by atoms with Crippen molar-refractivity contribution in [3.8, 4) is 33.4 Å². The van der Waals surface area contributed by atoms with E-state index in [2.05, 4.69) is 6.58 Å². The van der Waals surface area contributed by atoms with Gasteiger partial charge in [-0.3, -0.25) is 0 Å². The molecule has 0 nitrogen and oxygen atoms in total. The quantitative estimate of drug-likeness (QED) is 0.151. The highest BCUT2D eigenvalue weighted by Crippen LogP contribution is 2.36. The number of aryl methyl sites for hydroxylation is 1. The van der Waals surface area contributed by atoms with E-state index in [0.29, 0.717) is 34.2 Å². The molecule has 0 aliphatic carbocycles. The molecule has 5 rings (SSSR count). The van der Waals surface area contributed by atoms with Crippen LogP contribution in [0.15, 0.2) is 104 Å². The summed E-state index contributed by atoms with van der Waals surface area (Å²) in [6.07, 6.45) is -1.56. The van der Waals surface area contributed by atoms with Crippen LogP contribution in [0.3, 0.4) is 0 Å². The molecule has 0 aromatic heterocycles. The average molecular weight is 533 g/mol. The minimum Gasteiger partial charge on any atom is -0.206 e. The van der Waals surface area contributed by atoms with Crippen LogP contribution in [0.5, 0.6) is 0 Å². The smallest absolute Gasteiger partial charge is 0.206 e. The van der Waals surface area contributed by atoms with Crippen molar-refractivity contribution in [1.29, 1.82) is 0 Å². The Morgan fingerprint density at radius 3 is 1.69 bits per heavy atom. The van der Waals surface area contributed by atoms with E-state index < -0.39 is 23.4 Å². The first-order valence-corrected chi connectivity index (χ1v) is 12.3. The molecule has 5 aromatic carbocycles. The number of benzene rings is 5. The maximum absolute atomic E-state index is 15.4. The molecule has 0 unspecified atom stereocenters. The Hall–Kier alpha value is -4.32. The molecule has 0 atom stereocenters. The Balaban J connectivity index is 1.39. The van der Waals surface area contributed by atoms with Crippen LogP contribution in [0, 0.1) is 17.5 Å². The van der Waals surface area contributed by atoms with Crippen molar-refractivity contribution >= 4 is 10.8 Å². The molecule has 0 saturated heterocycles. The predicted octanol–water partition coefficient (Wildman–Crippen LogP) is 10.4. The standard InChI is InChI=1S/C33H22F6/c1-2-3-4-20-5-15-28-25(17-20)14-16-27(32(28)36)24-12-10-22(11-13-24)21-6-8-23(9-7-21)26-18-29(34)31(30(35)19-26)33(37,38)39/h2,5-19H,1,3-4H2. The molecule has 0 aliphatic heterocycles. The predicted molar refractivity (Wildman–Crippen MR) is 144 cm³/mol. The van der Waals surface area contributed by atoms with Crippen molar-refractivity contribution in [2.45, 2.75) is 19.0 Å². The van der Waals surface area contributed by atoms with E-state index in [0.717, 1.165) is 34.9 Å². The fourth-order valence-corrected chi connectivity index (χ4v) is 4.70. The molecule has 5 aromatic rings. The molecule has 0 radical (unpaired) electrons. The minimum absolute atomic E-state index is 0.000460. The van der Waals surface area contributed by atoms with Gasteiger partial charge in [0.15, 0.2) is 0 Å². The number of alkyl halides is 3. The zero-order chi connectivity index (χ0) is 27.7. The Morgan fingerprint density at radius 1 is 0.615 bits per heavy atom. The lowest BCUT2D eigenvalue weighted by molar-refractivity contribution is -0.142. The third-order valence-corrected chi connectivity index (χ3v) is 6.73. The zero-order valence-electron chi connectivity index (χ0n) is 20.6. The highest BCUT2D eigenvalue weighted by molar-refractivity contribution is 5.89. The Morgan fingerprint density at radius 2 is 1.15 bits per heavy atom. The minimum atomic E-state index is -5.12. The molecule has 196 valence electrons. The maximum atomic E-state index is 15.4. The van der Waals surface area contributed by atoms with Crippen LogP contribution in [0.4, 0.5) is 26.3 Å². The van der Waals surface area contributed by atoms with Gasteiger partial charge in [-0.2, -0.15) is 13.2 Å². The van der Waals surface area contributed by atoms with E-state index in [4.69, 9.17) is 0 Å². The van der Waals surface area contributed by atoms with Gasteiger partial charge >= 0.3 is 6.18 Å². The SMILES string of the molecule is C=CCCc1ccc2c(F)c(-c3ccc(-c4ccc(-c5cc(F)c(C(F)(F)F)c(F)c5)cc4)cc3)ccc2c1. The van der Waals surface area contributed by atoms with Gasteiger partial charge in [-0.25, -0.2) is 13.2 Å². The van der Waals surface area contributed by atoms with Crippen molar-refractivity contribution in [3.63, 3.8) is 0 Å². The lowest BCUT2D eigenvalue weighted by Gasteiger charge is -2.12. The second-order valence-corrected chi connectivity index (χ2v) is 9.28. The summed E-state index contributed by atoms with van der Waals surface area (Å²) in [7, 11) is 0. The maximum Gasteiger partial charge on any atom is 0.422 e. The third kappa shape index (κ3) is 5.32. The molecule has 39 heavy (non-hydrogen) atoms. The topological polar surface area (TPSA) is 0 Å². The van der Waals surface area contributed by atoms with Gasteiger partial charge in [0.25, 0.3) is 0 Å². The number of rotatable bonds is 6. The number of hydrogen-bond acceptors (Lipinski definition) is 0. The van der Waals surface area contributed by atoms with Gasteiger partial charge in [0.05, 0.1) is 0 Å². The number of allylic oxidation sites excluding steroid dienone is 1. The van der Waals surface area contributed by atoms with Gasteiger partial charge in [0, 0.05) is 10.9 Å². The van der Waals surface area contributed by atoms with Gasteiger partial charge < -0.3 is 0 Å². The van der Waals surface area contributed by atoms with Crippen LogP contribution in [0.2, 0.25) is 0 Å². The van der Waals surface area contributed by atoms with E-state index in [1.165, 1.54) is 0 Å². The lowest BCUT2D eigenvalue weighted by Crippen LogP contribution is -2.11. The molecule has 0 bridgehead atoms. The zero-order valence-corrected chi connectivity index (χ0v) is 20.6. The first kappa shape index (κ1) is 26.3. The Kier molecular flexibility index (Phi) is 7.04. The van der Waals surface area contributed by atoms with Crippen LogP contribution in [-0.4, -0.2) is 0 Å². The van der Waals surface area contributed by atoms with Crippen molar-refractivity contribution in [3.05, 3.63) is 132 Å². The second kappa shape index (κ2) is 10.4. The molecule has 0 aliphatic rings. The van der Waals surface area contributed by atoms with Gasteiger partial charge in [-0.1, -0.05) is 84.9 Å². The Bertz CT molecular complexity index is 1640. The highest BCUT2D eigenvalue weighted by Gasteiger charge is 2.38. The number of hydrogen-bond donors (Lipinski definition) is 0. The lowest BCUT2D eigenvalue weighted by atomic mass is 9.95. The summed E-state index contributed by atoms with van der Waals surface area (Å²) >= 11 is 0. The average Bonchev–Trinajstić information content (AvgIpc) is 2.91. The van der Waals surface area contributed by atoms with Gasteiger partial charge in [0.2, 0.25) is 0 Å². The van der Waals surface area contributed by atoms with Crippen LogP contribution in [0.25, 0.3) is 44.2 Å². The summed E-state index contributed by atoms with van der Waals surface area (Å²) in [6.45, 7) is 3.74. The molecule has 0 N–H and O–H groups in total. The van der Waals surface area contributed by atoms with E-state index in [1.54, 1.807) is 36.4 Å². The number of halogens is 6. The summed E-state index contributed by atoms with van der Waals surface area (Å²) < 4.78 is 82.0. The number of fused-ring (bicyclic) bond motifs is 1. The summed E-state index contributed by atoms with van der Waals surface area (Å²) in [5.74, 6) is -3.62. The molecular formula is C33H22F6. The first-order chi connectivity index (χ1) is 18.7. The van der Waals surface area contributed by atoms with E-state index in [1.807, 2.05) is 48.5 Å². The van der Waals surface area contributed by atoms with E-state index in [9.17, 15) is 22.0 Å². The van der Waals surface area contributed by atoms with Gasteiger partial charge in [-0.15, -0.1) is 6.58 Å². The molecule has 0 spiro atoms. The largest absolute Gasteiger partial charge is 0.422 e. The molecule has 0 fully saturated rings. The normalized spacial score (nSPS) is 11.6. The van der Waals surface area contributed by atoms with Crippen LogP contribution < -0.4 is 0 Å². The van der Waals surface area contributed by atoms with E-state index in [-0.39, 0.29) is 11.4 Å².